The first-order valence-electron chi connectivity index (χ1n) is 6.72. The Morgan fingerprint density at radius 2 is 1.65 bits per heavy atom. The molecule has 0 radical (unpaired) electrons. The van der Waals surface area contributed by atoms with Crippen molar-refractivity contribution in [3.05, 3.63) is 24.8 Å². The molecule has 0 heterocycles. The van der Waals surface area contributed by atoms with Gasteiger partial charge in [-0.3, -0.25) is 0 Å². The lowest BCUT2D eigenvalue weighted by atomic mass is 10.1. The van der Waals surface area contributed by atoms with Gasteiger partial charge in [0.1, 0.15) is 6.10 Å². The molecule has 1 heteroatoms. The minimum atomic E-state index is -0.518. The molecule has 0 spiro atoms. The predicted molar refractivity (Wildman–Crippen MR) is 75.7 cm³/mol. The molecule has 1 N–H and O–H groups in total. The van der Waals surface area contributed by atoms with Crippen LogP contribution >= 0.6 is 0 Å². The SMILES string of the molecule is C=CCCCCCCCC/C=C/C#CC(C)O. The highest BCUT2D eigenvalue weighted by Gasteiger charge is 1.89. The van der Waals surface area contributed by atoms with E-state index in [4.69, 9.17) is 5.11 Å². The number of rotatable bonds is 9. The first-order chi connectivity index (χ1) is 8.27. The van der Waals surface area contributed by atoms with Crippen molar-refractivity contribution in [1.29, 1.82) is 0 Å². The third-order valence-electron chi connectivity index (χ3n) is 2.52. The van der Waals surface area contributed by atoms with E-state index in [1.807, 2.05) is 12.2 Å². The number of aliphatic hydroxyl groups excluding tert-OH is 1. The fourth-order valence-electron chi connectivity index (χ4n) is 1.57. The van der Waals surface area contributed by atoms with Crippen LogP contribution in [0.2, 0.25) is 0 Å². The summed E-state index contributed by atoms with van der Waals surface area (Å²) in [5, 5.41) is 8.90. The molecular weight excluding hydrogens is 208 g/mol. The summed E-state index contributed by atoms with van der Waals surface area (Å²) in [5.41, 5.74) is 0. The zero-order valence-corrected chi connectivity index (χ0v) is 11.1. The van der Waals surface area contributed by atoms with Gasteiger partial charge < -0.3 is 5.11 Å². The van der Waals surface area contributed by atoms with Gasteiger partial charge in [-0.25, -0.2) is 0 Å². The monoisotopic (exact) mass is 234 g/mol. The van der Waals surface area contributed by atoms with Crippen LogP contribution in [0.5, 0.6) is 0 Å². The minimum Gasteiger partial charge on any atom is -0.381 e. The number of unbranched alkanes of at least 4 members (excludes halogenated alkanes) is 7. The van der Waals surface area contributed by atoms with E-state index in [1.54, 1.807) is 6.92 Å². The fourth-order valence-corrected chi connectivity index (χ4v) is 1.57. The highest BCUT2D eigenvalue weighted by atomic mass is 16.3. The number of hydrogen-bond donors (Lipinski definition) is 1. The number of aliphatic hydroxyl groups is 1. The van der Waals surface area contributed by atoms with Crippen LogP contribution < -0.4 is 0 Å². The molecule has 0 saturated heterocycles. The highest BCUT2D eigenvalue weighted by Crippen LogP contribution is 2.08. The van der Waals surface area contributed by atoms with E-state index in [0.29, 0.717) is 0 Å². The summed E-state index contributed by atoms with van der Waals surface area (Å²) in [6, 6.07) is 0. The average Bonchev–Trinajstić information content (AvgIpc) is 2.30. The lowest BCUT2D eigenvalue weighted by Gasteiger charge is -1.98. The molecule has 0 saturated carbocycles. The molecule has 0 aromatic carbocycles. The normalized spacial score (nSPS) is 12.1. The van der Waals surface area contributed by atoms with Crippen LogP contribution in [0.1, 0.15) is 58.3 Å². The van der Waals surface area contributed by atoms with E-state index in [9.17, 15) is 0 Å². The summed E-state index contributed by atoms with van der Waals surface area (Å²) in [6.45, 7) is 5.39. The molecule has 0 aliphatic carbocycles. The number of allylic oxidation sites excluding steroid dienone is 3. The van der Waals surface area contributed by atoms with Crippen LogP contribution in [-0.2, 0) is 0 Å². The van der Waals surface area contributed by atoms with Crippen LogP contribution in [0.4, 0.5) is 0 Å². The molecule has 0 aromatic heterocycles. The second-order valence-corrected chi connectivity index (χ2v) is 4.35. The van der Waals surface area contributed by atoms with Crippen LogP contribution in [-0.4, -0.2) is 11.2 Å². The average molecular weight is 234 g/mol. The standard InChI is InChI=1S/C16H26O/c1-3-4-5-6-7-8-9-10-11-12-13-14-15-16(2)17/h3,12-13,16-17H,1,4-11H2,2H3/b13-12+. The van der Waals surface area contributed by atoms with Gasteiger partial charge in [0.25, 0.3) is 0 Å². The first-order valence-corrected chi connectivity index (χ1v) is 6.72. The Hall–Kier alpha value is -1.00. The Balaban J connectivity index is 3.19. The molecule has 0 rings (SSSR count). The van der Waals surface area contributed by atoms with Crippen molar-refractivity contribution >= 4 is 0 Å². The zero-order valence-electron chi connectivity index (χ0n) is 11.1. The summed E-state index contributed by atoms with van der Waals surface area (Å²) >= 11 is 0. The van der Waals surface area contributed by atoms with Gasteiger partial charge in [0.05, 0.1) is 0 Å². The molecule has 1 unspecified atom stereocenters. The molecule has 17 heavy (non-hydrogen) atoms. The predicted octanol–water partition coefficient (Wildman–Crippen LogP) is 4.23. The summed E-state index contributed by atoms with van der Waals surface area (Å²) < 4.78 is 0. The van der Waals surface area contributed by atoms with Crippen LogP contribution in [0, 0.1) is 11.8 Å². The van der Waals surface area contributed by atoms with Gasteiger partial charge in [-0.05, 0) is 38.7 Å². The van der Waals surface area contributed by atoms with Crippen molar-refractivity contribution in [2.45, 2.75) is 64.4 Å². The van der Waals surface area contributed by atoms with E-state index in [0.717, 1.165) is 12.8 Å². The van der Waals surface area contributed by atoms with E-state index in [1.165, 1.54) is 38.5 Å². The van der Waals surface area contributed by atoms with Crippen LogP contribution in [0.3, 0.4) is 0 Å². The van der Waals surface area contributed by atoms with Gasteiger partial charge in [-0.2, -0.15) is 0 Å². The van der Waals surface area contributed by atoms with E-state index in [2.05, 4.69) is 24.5 Å². The Morgan fingerprint density at radius 1 is 1.06 bits per heavy atom. The maximum Gasteiger partial charge on any atom is 0.112 e. The van der Waals surface area contributed by atoms with E-state index in [-0.39, 0.29) is 0 Å². The Kier molecular flexibility index (Phi) is 12.3. The largest absolute Gasteiger partial charge is 0.381 e. The molecule has 96 valence electrons. The van der Waals surface area contributed by atoms with E-state index < -0.39 is 6.10 Å². The molecular formula is C16H26O. The highest BCUT2D eigenvalue weighted by molar-refractivity contribution is 5.16. The van der Waals surface area contributed by atoms with Gasteiger partial charge in [0, 0.05) is 0 Å². The summed E-state index contributed by atoms with van der Waals surface area (Å²) in [4.78, 5) is 0. The molecule has 1 atom stereocenters. The van der Waals surface area contributed by atoms with Crippen LogP contribution in [0.25, 0.3) is 0 Å². The van der Waals surface area contributed by atoms with Gasteiger partial charge in [-0.15, -0.1) is 6.58 Å². The third-order valence-corrected chi connectivity index (χ3v) is 2.52. The summed E-state index contributed by atoms with van der Waals surface area (Å²) in [5.74, 6) is 5.51. The number of hydrogen-bond acceptors (Lipinski definition) is 1. The second kappa shape index (κ2) is 13.1. The maximum atomic E-state index is 8.90. The topological polar surface area (TPSA) is 20.2 Å². The summed E-state index contributed by atoms with van der Waals surface area (Å²) in [7, 11) is 0. The van der Waals surface area contributed by atoms with Crippen molar-refractivity contribution in [2.75, 3.05) is 0 Å². The Labute approximate surface area is 107 Å². The zero-order chi connectivity index (χ0) is 12.8. The third kappa shape index (κ3) is 15.0. The molecule has 0 aliphatic rings. The molecule has 0 aliphatic heterocycles. The fraction of sp³-hybridized carbons (Fsp3) is 0.625. The van der Waals surface area contributed by atoms with Crippen molar-refractivity contribution in [2.24, 2.45) is 0 Å². The first kappa shape index (κ1) is 16.0. The molecule has 0 fully saturated rings. The van der Waals surface area contributed by atoms with Gasteiger partial charge in [0.15, 0.2) is 0 Å². The smallest absolute Gasteiger partial charge is 0.112 e. The van der Waals surface area contributed by atoms with Gasteiger partial charge in [-0.1, -0.05) is 49.7 Å². The second-order valence-electron chi connectivity index (χ2n) is 4.35. The minimum absolute atomic E-state index is 0.518. The van der Waals surface area contributed by atoms with Gasteiger partial charge >= 0.3 is 0 Å². The molecule has 0 bridgehead atoms. The summed E-state index contributed by atoms with van der Waals surface area (Å²) in [6.07, 6.45) is 15.5. The Bertz CT molecular complexity index is 252. The molecule has 1 nitrogen and oxygen atoms in total. The maximum absolute atomic E-state index is 8.90. The van der Waals surface area contributed by atoms with Gasteiger partial charge in [0.2, 0.25) is 0 Å². The van der Waals surface area contributed by atoms with Crippen molar-refractivity contribution in [3.8, 4) is 11.8 Å². The quantitative estimate of drug-likeness (QED) is 0.359. The molecule has 0 aromatic rings. The van der Waals surface area contributed by atoms with Crippen molar-refractivity contribution in [1.82, 2.24) is 0 Å². The lowest BCUT2D eigenvalue weighted by molar-refractivity contribution is 0.253. The van der Waals surface area contributed by atoms with E-state index >= 15 is 0 Å². The van der Waals surface area contributed by atoms with Crippen molar-refractivity contribution in [3.63, 3.8) is 0 Å². The van der Waals surface area contributed by atoms with Crippen molar-refractivity contribution < 1.29 is 5.11 Å². The van der Waals surface area contributed by atoms with Crippen LogP contribution in [0.15, 0.2) is 24.8 Å². The lowest BCUT2D eigenvalue weighted by Crippen LogP contribution is -1.91. The Morgan fingerprint density at radius 3 is 2.24 bits per heavy atom. The molecule has 0 amide bonds.